The van der Waals surface area contributed by atoms with E-state index in [1.807, 2.05) is 13.0 Å². The number of aryl methyl sites for hydroxylation is 1. The summed E-state index contributed by atoms with van der Waals surface area (Å²) in [5, 5.41) is 8.46. The fourth-order valence-corrected chi connectivity index (χ4v) is 2.03. The molecule has 0 saturated heterocycles. The van der Waals surface area contributed by atoms with E-state index >= 15 is 0 Å². The Hall–Kier alpha value is -2.89. The van der Waals surface area contributed by atoms with Crippen molar-refractivity contribution in [3.05, 3.63) is 53.8 Å². The Bertz CT molecular complexity index is 730. The number of benzene rings is 2. The molecule has 0 aliphatic carbocycles. The Labute approximate surface area is 140 Å². The molecule has 2 amide bonds. The van der Waals surface area contributed by atoms with Gasteiger partial charge in [-0.25, -0.2) is 4.39 Å². The van der Waals surface area contributed by atoms with Crippen LogP contribution >= 0.6 is 0 Å². The van der Waals surface area contributed by atoms with Gasteiger partial charge in [0, 0.05) is 23.5 Å². The molecule has 2 aromatic carbocycles. The minimum atomic E-state index is -0.327. The van der Waals surface area contributed by atoms with Gasteiger partial charge in [-0.2, -0.15) is 0 Å². The first-order chi connectivity index (χ1) is 11.5. The Morgan fingerprint density at radius 1 is 0.958 bits per heavy atom. The van der Waals surface area contributed by atoms with Crippen molar-refractivity contribution in [2.75, 3.05) is 22.5 Å². The molecule has 2 rings (SSSR count). The molecule has 0 heterocycles. The standard InChI is InChI=1S/C18H20FN3O2/c1-3-17(23)22-16-10-15(7-4-12(16)2)21-18(24)11-20-14-8-5-13(19)6-9-14/h4-10,20H,3,11H2,1-2H3,(H,21,24)(H,22,23). The van der Waals surface area contributed by atoms with Crippen molar-refractivity contribution < 1.29 is 14.0 Å². The molecular weight excluding hydrogens is 309 g/mol. The number of hydrogen-bond acceptors (Lipinski definition) is 3. The van der Waals surface area contributed by atoms with Gasteiger partial charge in [-0.15, -0.1) is 0 Å². The summed E-state index contributed by atoms with van der Waals surface area (Å²) in [6, 6.07) is 11.1. The zero-order valence-electron chi connectivity index (χ0n) is 13.7. The summed E-state index contributed by atoms with van der Waals surface area (Å²) in [5.74, 6) is -0.651. The maximum absolute atomic E-state index is 12.8. The van der Waals surface area contributed by atoms with E-state index in [0.29, 0.717) is 23.5 Å². The van der Waals surface area contributed by atoms with E-state index in [1.54, 1.807) is 31.2 Å². The maximum atomic E-state index is 12.8. The Balaban J connectivity index is 1.94. The third-order valence-corrected chi connectivity index (χ3v) is 3.41. The average molecular weight is 329 g/mol. The van der Waals surface area contributed by atoms with Crippen LogP contribution in [0, 0.1) is 12.7 Å². The van der Waals surface area contributed by atoms with E-state index in [1.165, 1.54) is 12.1 Å². The zero-order chi connectivity index (χ0) is 17.5. The van der Waals surface area contributed by atoms with Crippen LogP contribution in [-0.4, -0.2) is 18.4 Å². The number of anilines is 3. The topological polar surface area (TPSA) is 70.2 Å². The molecular formula is C18H20FN3O2. The Morgan fingerprint density at radius 3 is 2.29 bits per heavy atom. The largest absolute Gasteiger partial charge is 0.376 e. The van der Waals surface area contributed by atoms with Crippen molar-refractivity contribution in [3.8, 4) is 0 Å². The molecule has 3 N–H and O–H groups in total. The molecule has 6 heteroatoms. The van der Waals surface area contributed by atoms with Crippen molar-refractivity contribution in [1.82, 2.24) is 0 Å². The van der Waals surface area contributed by atoms with E-state index in [0.717, 1.165) is 5.56 Å². The quantitative estimate of drug-likeness (QED) is 0.759. The van der Waals surface area contributed by atoms with Crippen molar-refractivity contribution >= 4 is 28.9 Å². The van der Waals surface area contributed by atoms with Crippen LogP contribution in [0.3, 0.4) is 0 Å². The SMILES string of the molecule is CCC(=O)Nc1cc(NC(=O)CNc2ccc(F)cc2)ccc1C. The summed E-state index contributed by atoms with van der Waals surface area (Å²) in [6.45, 7) is 3.71. The second-order valence-electron chi connectivity index (χ2n) is 5.34. The number of rotatable bonds is 6. The van der Waals surface area contributed by atoms with Gasteiger partial charge in [0.1, 0.15) is 5.82 Å². The third kappa shape index (κ3) is 5.08. The lowest BCUT2D eigenvalue weighted by Gasteiger charge is -2.12. The molecule has 0 aliphatic rings. The van der Waals surface area contributed by atoms with Gasteiger partial charge < -0.3 is 16.0 Å². The number of carbonyl (C=O) groups excluding carboxylic acids is 2. The van der Waals surface area contributed by atoms with E-state index in [9.17, 15) is 14.0 Å². The van der Waals surface area contributed by atoms with Crippen molar-refractivity contribution in [2.45, 2.75) is 20.3 Å². The molecule has 24 heavy (non-hydrogen) atoms. The van der Waals surface area contributed by atoms with Crippen molar-refractivity contribution in [1.29, 1.82) is 0 Å². The predicted molar refractivity (Wildman–Crippen MR) is 93.6 cm³/mol. The fourth-order valence-electron chi connectivity index (χ4n) is 2.03. The predicted octanol–water partition coefficient (Wildman–Crippen LogP) is 3.53. The first-order valence-corrected chi connectivity index (χ1v) is 7.67. The van der Waals surface area contributed by atoms with Gasteiger partial charge in [0.15, 0.2) is 0 Å². The van der Waals surface area contributed by atoms with Crippen molar-refractivity contribution in [3.63, 3.8) is 0 Å². The van der Waals surface area contributed by atoms with E-state index in [2.05, 4.69) is 16.0 Å². The Kier molecular flexibility index (Phi) is 5.89. The second-order valence-corrected chi connectivity index (χ2v) is 5.34. The molecule has 0 atom stereocenters. The van der Waals surface area contributed by atoms with Gasteiger partial charge in [-0.05, 0) is 48.9 Å². The molecule has 0 bridgehead atoms. The van der Waals surface area contributed by atoms with Gasteiger partial charge in [0.05, 0.1) is 6.54 Å². The Morgan fingerprint density at radius 2 is 1.62 bits per heavy atom. The van der Waals surface area contributed by atoms with Crippen LogP contribution in [0.25, 0.3) is 0 Å². The third-order valence-electron chi connectivity index (χ3n) is 3.41. The van der Waals surface area contributed by atoms with Crippen LogP contribution in [-0.2, 0) is 9.59 Å². The highest BCUT2D eigenvalue weighted by Crippen LogP contribution is 2.20. The molecule has 0 aromatic heterocycles. The smallest absolute Gasteiger partial charge is 0.243 e. The molecule has 0 spiro atoms. The highest BCUT2D eigenvalue weighted by molar-refractivity contribution is 5.96. The van der Waals surface area contributed by atoms with Crippen LogP contribution in [0.15, 0.2) is 42.5 Å². The molecule has 2 aromatic rings. The summed E-state index contributed by atoms with van der Waals surface area (Å²) in [7, 11) is 0. The van der Waals surface area contributed by atoms with Gasteiger partial charge >= 0.3 is 0 Å². The minimum absolute atomic E-state index is 0.0517. The van der Waals surface area contributed by atoms with Crippen LogP contribution in [0.2, 0.25) is 0 Å². The molecule has 0 radical (unpaired) electrons. The molecule has 126 valence electrons. The molecule has 0 saturated carbocycles. The summed E-state index contributed by atoms with van der Waals surface area (Å²) in [5.41, 5.74) is 2.84. The lowest BCUT2D eigenvalue weighted by Crippen LogP contribution is -2.22. The summed E-state index contributed by atoms with van der Waals surface area (Å²) < 4.78 is 12.8. The average Bonchev–Trinajstić information content (AvgIpc) is 2.57. The number of nitrogens with one attached hydrogen (secondary N) is 3. The van der Waals surface area contributed by atoms with Crippen molar-refractivity contribution in [2.24, 2.45) is 0 Å². The van der Waals surface area contributed by atoms with Crippen LogP contribution in [0.5, 0.6) is 0 Å². The second kappa shape index (κ2) is 8.10. The number of amides is 2. The zero-order valence-corrected chi connectivity index (χ0v) is 13.7. The maximum Gasteiger partial charge on any atom is 0.243 e. The van der Waals surface area contributed by atoms with Crippen LogP contribution in [0.1, 0.15) is 18.9 Å². The van der Waals surface area contributed by atoms with Gasteiger partial charge in [0.2, 0.25) is 11.8 Å². The number of hydrogen-bond donors (Lipinski definition) is 3. The van der Waals surface area contributed by atoms with E-state index in [4.69, 9.17) is 0 Å². The number of carbonyl (C=O) groups is 2. The molecule has 0 fully saturated rings. The lowest BCUT2D eigenvalue weighted by molar-refractivity contribution is -0.116. The normalized spacial score (nSPS) is 10.1. The molecule has 0 unspecified atom stereocenters. The highest BCUT2D eigenvalue weighted by Gasteiger charge is 2.07. The van der Waals surface area contributed by atoms with Crippen LogP contribution < -0.4 is 16.0 Å². The summed E-state index contributed by atoms with van der Waals surface area (Å²) >= 11 is 0. The monoisotopic (exact) mass is 329 g/mol. The van der Waals surface area contributed by atoms with E-state index in [-0.39, 0.29) is 24.2 Å². The summed E-state index contributed by atoms with van der Waals surface area (Å²) in [4.78, 5) is 23.5. The van der Waals surface area contributed by atoms with Gasteiger partial charge in [0.25, 0.3) is 0 Å². The van der Waals surface area contributed by atoms with Crippen LogP contribution in [0.4, 0.5) is 21.5 Å². The first-order valence-electron chi connectivity index (χ1n) is 7.67. The lowest BCUT2D eigenvalue weighted by atomic mass is 10.1. The van der Waals surface area contributed by atoms with Gasteiger partial charge in [-0.3, -0.25) is 9.59 Å². The summed E-state index contributed by atoms with van der Waals surface area (Å²) in [6.07, 6.45) is 0.387. The molecule has 5 nitrogen and oxygen atoms in total. The highest BCUT2D eigenvalue weighted by atomic mass is 19.1. The number of halogens is 1. The first kappa shape index (κ1) is 17.5. The fraction of sp³-hybridized carbons (Fsp3) is 0.222. The van der Waals surface area contributed by atoms with E-state index < -0.39 is 0 Å². The minimum Gasteiger partial charge on any atom is -0.376 e. The molecule has 0 aliphatic heterocycles. The van der Waals surface area contributed by atoms with Gasteiger partial charge in [-0.1, -0.05) is 13.0 Å².